The monoisotopic (exact) mass is 314 g/mol. The average Bonchev–Trinajstić information content (AvgIpc) is 2.33. The number of carbonyl (C=O) groups excluding carboxylic acids is 4. The fourth-order valence-electron chi connectivity index (χ4n) is 0.782. The van der Waals surface area contributed by atoms with Crippen LogP contribution in [0.15, 0.2) is 0 Å². The van der Waals surface area contributed by atoms with Crippen molar-refractivity contribution in [1.82, 2.24) is 0 Å². The molecule has 0 rings (SSSR count). The zero-order valence-corrected chi connectivity index (χ0v) is 12.5. The Labute approximate surface area is 136 Å². The molecule has 116 valence electrons. The van der Waals surface area contributed by atoms with Gasteiger partial charge in [-0.15, -0.1) is 0 Å². The van der Waals surface area contributed by atoms with Gasteiger partial charge in [0.2, 0.25) is 0 Å². The third-order valence-electron chi connectivity index (χ3n) is 1.92. The van der Waals surface area contributed by atoms with Crippen molar-refractivity contribution in [2.24, 2.45) is 11.5 Å². The van der Waals surface area contributed by atoms with Crippen molar-refractivity contribution in [2.75, 3.05) is 0 Å². The fourth-order valence-corrected chi connectivity index (χ4v) is 0.782. The van der Waals surface area contributed by atoms with E-state index >= 15 is 0 Å². The summed E-state index contributed by atoms with van der Waals surface area (Å²) < 4.78 is 0. The summed E-state index contributed by atoms with van der Waals surface area (Å²) in [5.74, 6) is -5.50. The van der Waals surface area contributed by atoms with E-state index in [1.54, 1.807) is 0 Å². The molecule has 0 aromatic carbocycles. The maximum absolute atomic E-state index is 9.86. The van der Waals surface area contributed by atoms with E-state index < -0.39 is 36.0 Å². The van der Waals surface area contributed by atoms with E-state index in [4.69, 9.17) is 11.5 Å². The molecule has 0 aliphatic heterocycles. The molecule has 0 amide bonds. The van der Waals surface area contributed by atoms with E-state index in [0.717, 1.165) is 0 Å². The summed E-state index contributed by atoms with van der Waals surface area (Å²) in [5.41, 5.74) is 9.82. The standard InChI is InChI=1S/2C5H9NO4.Mg/c2*6-3(5(9)10)1-2-4(7)8;/h2*3H,1-2,6H2,(H,7,8)(H,9,10);/q;;+2/p-4/t2*3-;/m00./s1. The topological polar surface area (TPSA) is 213 Å². The number of carboxylic acid groups (broad SMARTS) is 4. The van der Waals surface area contributed by atoms with E-state index in [9.17, 15) is 39.6 Å². The second-order valence-corrected chi connectivity index (χ2v) is 3.67. The number of rotatable bonds is 8. The number of hydrogen-bond acceptors (Lipinski definition) is 10. The molecule has 0 aromatic rings. The predicted octanol–water partition coefficient (Wildman–Crippen LogP) is -7.19. The van der Waals surface area contributed by atoms with Crippen molar-refractivity contribution in [2.45, 2.75) is 37.8 Å². The van der Waals surface area contributed by atoms with Gasteiger partial charge in [0.1, 0.15) is 0 Å². The zero-order valence-electron chi connectivity index (χ0n) is 11.1. The molecule has 0 saturated carbocycles. The SMILES string of the molecule is N[C@@H](CCC(=O)[O-])C(=O)[O-].N[C@@H](CCC(=O)[O-])C(=O)[O-].[Mg+2]. The molecule has 11 heteroatoms. The molecule has 4 N–H and O–H groups in total. The van der Waals surface area contributed by atoms with Gasteiger partial charge in [0, 0.05) is 24.0 Å². The van der Waals surface area contributed by atoms with Crippen LogP contribution in [-0.2, 0) is 19.2 Å². The summed E-state index contributed by atoms with van der Waals surface area (Å²) in [6, 6.07) is -2.42. The Bertz CT molecular complexity index is 329. The first kappa shape index (κ1) is 24.6. The molecule has 0 aromatic heterocycles. The van der Waals surface area contributed by atoms with Crippen LogP contribution >= 0.6 is 0 Å². The molecular weight excluding hydrogens is 300 g/mol. The van der Waals surface area contributed by atoms with Crippen LogP contribution in [-0.4, -0.2) is 59.0 Å². The molecule has 10 nitrogen and oxygen atoms in total. The van der Waals surface area contributed by atoms with Crippen LogP contribution in [0.2, 0.25) is 0 Å². The molecule has 0 heterocycles. The predicted molar refractivity (Wildman–Crippen MR) is 60.2 cm³/mol. The molecule has 0 unspecified atom stereocenters. The second-order valence-electron chi connectivity index (χ2n) is 3.67. The van der Waals surface area contributed by atoms with Crippen LogP contribution in [0.1, 0.15) is 25.7 Å². The molecule has 0 saturated heterocycles. The Balaban J connectivity index is -0.000000295. The Kier molecular flexibility index (Phi) is 15.9. The van der Waals surface area contributed by atoms with Crippen molar-refractivity contribution in [3.05, 3.63) is 0 Å². The summed E-state index contributed by atoms with van der Waals surface area (Å²) in [4.78, 5) is 39.2. The molecule has 21 heavy (non-hydrogen) atoms. The van der Waals surface area contributed by atoms with Crippen molar-refractivity contribution in [3.63, 3.8) is 0 Å². The minimum atomic E-state index is -1.44. The first-order valence-electron chi connectivity index (χ1n) is 5.40. The summed E-state index contributed by atoms with van der Waals surface area (Å²) in [6.07, 6.45) is -1.00. The smallest absolute Gasteiger partial charge is 0.550 e. The quantitative estimate of drug-likeness (QED) is 0.403. The first-order chi connectivity index (χ1) is 9.07. The fraction of sp³-hybridized carbons (Fsp3) is 0.600. The maximum atomic E-state index is 9.86. The van der Waals surface area contributed by atoms with Crippen LogP contribution in [0.5, 0.6) is 0 Å². The summed E-state index contributed by atoms with van der Waals surface area (Å²) in [6.45, 7) is 0. The van der Waals surface area contributed by atoms with Gasteiger partial charge in [-0.3, -0.25) is 0 Å². The maximum Gasteiger partial charge on any atom is 2.00 e. The van der Waals surface area contributed by atoms with E-state index in [1.807, 2.05) is 0 Å². The molecule has 0 radical (unpaired) electrons. The largest absolute Gasteiger partial charge is 2.00 e. The van der Waals surface area contributed by atoms with Gasteiger partial charge in [0.15, 0.2) is 0 Å². The van der Waals surface area contributed by atoms with Gasteiger partial charge < -0.3 is 51.1 Å². The Hall–Kier alpha value is -1.43. The number of aliphatic carboxylic acids is 4. The van der Waals surface area contributed by atoms with Crippen molar-refractivity contribution in [3.8, 4) is 0 Å². The van der Waals surface area contributed by atoms with E-state index in [-0.39, 0.29) is 48.7 Å². The van der Waals surface area contributed by atoms with Crippen molar-refractivity contribution < 1.29 is 39.6 Å². The van der Waals surface area contributed by atoms with Gasteiger partial charge in [0.05, 0.1) is 11.9 Å². The van der Waals surface area contributed by atoms with Gasteiger partial charge in [-0.1, -0.05) is 0 Å². The van der Waals surface area contributed by atoms with Gasteiger partial charge >= 0.3 is 23.1 Å². The number of nitrogens with two attached hydrogens (primary N) is 2. The summed E-state index contributed by atoms with van der Waals surface area (Å²) in [7, 11) is 0. The first-order valence-corrected chi connectivity index (χ1v) is 5.40. The minimum absolute atomic E-state index is 0. The molecule has 0 aliphatic rings. The third-order valence-corrected chi connectivity index (χ3v) is 1.92. The Morgan fingerprint density at radius 1 is 0.714 bits per heavy atom. The van der Waals surface area contributed by atoms with Crippen LogP contribution in [0.25, 0.3) is 0 Å². The number of carbonyl (C=O) groups is 4. The van der Waals surface area contributed by atoms with E-state index in [2.05, 4.69) is 0 Å². The molecule has 0 spiro atoms. The minimum Gasteiger partial charge on any atom is -0.550 e. The van der Waals surface area contributed by atoms with Gasteiger partial charge in [0.25, 0.3) is 0 Å². The molecular formula is C10H14MgN2O8-2. The molecule has 0 aliphatic carbocycles. The number of hydrogen-bond donors (Lipinski definition) is 2. The van der Waals surface area contributed by atoms with Gasteiger partial charge in [-0.2, -0.15) is 0 Å². The van der Waals surface area contributed by atoms with Gasteiger partial charge in [-0.25, -0.2) is 0 Å². The van der Waals surface area contributed by atoms with E-state index in [0.29, 0.717) is 0 Å². The van der Waals surface area contributed by atoms with Crippen LogP contribution in [0.3, 0.4) is 0 Å². The number of carboxylic acids is 4. The van der Waals surface area contributed by atoms with E-state index in [1.165, 1.54) is 0 Å². The van der Waals surface area contributed by atoms with Crippen LogP contribution in [0.4, 0.5) is 0 Å². The normalized spacial score (nSPS) is 11.9. The zero-order chi connectivity index (χ0) is 16.3. The Morgan fingerprint density at radius 3 is 1.10 bits per heavy atom. The van der Waals surface area contributed by atoms with Crippen molar-refractivity contribution in [1.29, 1.82) is 0 Å². The second kappa shape index (κ2) is 13.5. The third kappa shape index (κ3) is 18.6. The molecule has 0 fully saturated rings. The Morgan fingerprint density at radius 2 is 0.952 bits per heavy atom. The molecule has 2 atom stereocenters. The summed E-state index contributed by atoms with van der Waals surface area (Å²) in [5, 5.41) is 39.2. The molecule has 0 bridgehead atoms. The van der Waals surface area contributed by atoms with Crippen LogP contribution in [0, 0.1) is 0 Å². The van der Waals surface area contributed by atoms with Crippen molar-refractivity contribution >= 4 is 46.9 Å². The van der Waals surface area contributed by atoms with Crippen LogP contribution < -0.4 is 31.9 Å². The average molecular weight is 315 g/mol. The summed E-state index contributed by atoms with van der Waals surface area (Å²) >= 11 is 0. The van der Waals surface area contributed by atoms with Gasteiger partial charge in [-0.05, 0) is 25.7 Å².